The molecule has 0 spiro atoms. The van der Waals surface area contributed by atoms with Crippen LogP contribution in [0.25, 0.3) is 0 Å². The summed E-state index contributed by atoms with van der Waals surface area (Å²) in [6, 6.07) is 0.568. The third-order valence-corrected chi connectivity index (χ3v) is 7.55. The molecule has 36 heavy (non-hydrogen) atoms. The second-order valence-electron chi connectivity index (χ2n) is 7.14. The molecule has 4 heterocycles. The maximum absolute atomic E-state index is 12.9. The lowest BCUT2D eigenvalue weighted by Crippen LogP contribution is -2.71. The largest absolute Gasteiger partial charge is 0.477 e. The number of fused-ring (bicyclic) bond motifs is 1. The molecule has 1 saturated heterocycles. The van der Waals surface area contributed by atoms with Crippen molar-refractivity contribution in [2.45, 2.75) is 16.4 Å². The minimum atomic E-state index is -1.27. The number of carbonyl (C=O) groups excluding carboxylic acids is 2. The molecule has 2 amide bonds. The molecule has 0 radical (unpaired) electrons. The van der Waals surface area contributed by atoms with E-state index in [4.69, 9.17) is 22.0 Å². The number of nitrogen functional groups attached to an aromatic ring is 3. The first kappa shape index (κ1) is 25.3. The Morgan fingerprint density at radius 2 is 2.11 bits per heavy atom. The number of carboxylic acid groups (broad SMARTS) is 1. The Hall–Kier alpha value is -3.83. The summed E-state index contributed by atoms with van der Waals surface area (Å²) in [7, 11) is 1.27. The zero-order valence-corrected chi connectivity index (χ0v) is 20.9. The minimum Gasteiger partial charge on any atom is -0.477 e. The molecule has 0 bridgehead atoms. The molecule has 1 fully saturated rings. The number of oxime groups is 1. The number of hydrogen-bond donors (Lipinski definition) is 5. The fourth-order valence-electron chi connectivity index (χ4n) is 3.38. The van der Waals surface area contributed by atoms with Crippen LogP contribution in [0.4, 0.5) is 16.9 Å². The van der Waals surface area contributed by atoms with E-state index in [9.17, 15) is 19.5 Å². The van der Waals surface area contributed by atoms with Crippen molar-refractivity contribution in [1.29, 1.82) is 0 Å². The molecule has 8 N–H and O–H groups in total. The van der Waals surface area contributed by atoms with Crippen molar-refractivity contribution in [2.75, 3.05) is 30.1 Å². The first-order valence-corrected chi connectivity index (χ1v) is 12.8. The molecule has 4 rings (SSSR count). The standard InChI is InChI=1S/C19H19N9O5S3/c1-33-27-11(8-6-36-19(22)23-8)14(29)26-12-15(30)28-13(17(31)32)7(5-35-16(12)28)2-3-34-10-4-9(20)24-18(21)25-10/h2-4,6,12,16H,5H2,1H3,(H2,22,23)(H,26,29)(H,31,32)(H4,20,21,24,25)/b3-2+,27-11?/t12-,16-/m1/s1. The normalized spacial score (nSPS) is 19.8. The van der Waals surface area contributed by atoms with Crippen LogP contribution in [0.5, 0.6) is 0 Å². The Morgan fingerprint density at radius 1 is 1.33 bits per heavy atom. The molecule has 0 aliphatic carbocycles. The third-order valence-electron chi connectivity index (χ3n) is 4.85. The molecule has 14 nitrogen and oxygen atoms in total. The summed E-state index contributed by atoms with van der Waals surface area (Å²) in [4.78, 5) is 55.5. The Labute approximate surface area is 216 Å². The number of nitrogens with two attached hydrogens (primary N) is 3. The first-order chi connectivity index (χ1) is 17.2. The SMILES string of the molecule is CON=C(C(=O)N[C@@H]1C(=O)N2C(C(=O)O)=C(/C=C/Sc3cc(N)nc(N)n3)CS[C@H]12)c1csc(N)n1. The van der Waals surface area contributed by atoms with Gasteiger partial charge >= 0.3 is 5.97 Å². The lowest BCUT2D eigenvalue weighted by atomic mass is 10.0. The van der Waals surface area contributed by atoms with E-state index in [2.05, 4.69) is 25.4 Å². The Kier molecular flexibility index (Phi) is 7.32. The van der Waals surface area contributed by atoms with E-state index in [0.29, 0.717) is 10.6 Å². The summed E-state index contributed by atoms with van der Waals surface area (Å²) in [6.45, 7) is 0. The Bertz CT molecular complexity index is 1310. The van der Waals surface area contributed by atoms with Gasteiger partial charge in [-0.3, -0.25) is 14.5 Å². The van der Waals surface area contributed by atoms with E-state index in [1.54, 1.807) is 11.5 Å². The third kappa shape index (κ3) is 5.07. The summed E-state index contributed by atoms with van der Waals surface area (Å²) in [5.74, 6) is -2.03. The van der Waals surface area contributed by atoms with Gasteiger partial charge in [0.25, 0.3) is 11.8 Å². The van der Waals surface area contributed by atoms with Gasteiger partial charge in [-0.25, -0.2) is 14.8 Å². The van der Waals surface area contributed by atoms with Crippen molar-refractivity contribution in [3.05, 3.63) is 39.9 Å². The topological polar surface area (TPSA) is 225 Å². The van der Waals surface area contributed by atoms with Gasteiger partial charge in [0, 0.05) is 17.2 Å². The second kappa shape index (κ2) is 10.4. The molecule has 2 aromatic heterocycles. The van der Waals surface area contributed by atoms with Crippen molar-refractivity contribution in [2.24, 2.45) is 5.16 Å². The van der Waals surface area contributed by atoms with E-state index in [0.717, 1.165) is 16.2 Å². The fourth-order valence-corrected chi connectivity index (χ4v) is 5.95. The number of aliphatic carboxylic acids is 1. The van der Waals surface area contributed by atoms with Crippen LogP contribution in [-0.2, 0) is 19.2 Å². The number of thioether (sulfide) groups is 2. The van der Waals surface area contributed by atoms with Gasteiger partial charge in [-0.15, -0.1) is 23.1 Å². The number of aromatic nitrogens is 3. The van der Waals surface area contributed by atoms with E-state index in [1.165, 1.54) is 42.1 Å². The van der Waals surface area contributed by atoms with E-state index >= 15 is 0 Å². The smallest absolute Gasteiger partial charge is 0.352 e. The number of allylic oxidation sites excluding steroid dienone is 1. The van der Waals surface area contributed by atoms with Crippen LogP contribution in [0.3, 0.4) is 0 Å². The summed E-state index contributed by atoms with van der Waals surface area (Å²) < 4.78 is 0. The Balaban J connectivity index is 1.49. The van der Waals surface area contributed by atoms with Gasteiger partial charge in [0.2, 0.25) is 5.95 Å². The molecule has 0 saturated carbocycles. The number of rotatable bonds is 8. The van der Waals surface area contributed by atoms with E-state index in [1.807, 2.05) is 0 Å². The molecule has 2 atom stereocenters. The molecule has 2 aliphatic rings. The summed E-state index contributed by atoms with van der Waals surface area (Å²) in [5.41, 5.74) is 17.2. The van der Waals surface area contributed by atoms with Crippen LogP contribution in [-0.4, -0.2) is 72.7 Å². The van der Waals surface area contributed by atoms with Gasteiger partial charge in [0.05, 0.1) is 0 Å². The number of carbonyl (C=O) groups is 3. The predicted octanol–water partition coefficient (Wildman–Crippen LogP) is 0.0748. The summed E-state index contributed by atoms with van der Waals surface area (Å²) >= 11 is 3.59. The molecule has 2 aromatic rings. The van der Waals surface area contributed by atoms with Gasteiger partial charge in [-0.1, -0.05) is 16.9 Å². The van der Waals surface area contributed by atoms with Gasteiger partial charge in [0.15, 0.2) is 10.8 Å². The van der Waals surface area contributed by atoms with Gasteiger partial charge in [0.1, 0.15) is 40.8 Å². The number of anilines is 3. The van der Waals surface area contributed by atoms with Gasteiger partial charge in [-0.05, 0) is 17.1 Å². The molecule has 2 aliphatic heterocycles. The average Bonchev–Trinajstić information content (AvgIpc) is 3.25. The quantitative estimate of drug-likeness (QED) is 0.0967. The highest BCUT2D eigenvalue weighted by Gasteiger charge is 2.54. The molecule has 17 heteroatoms. The monoisotopic (exact) mass is 549 g/mol. The number of nitrogens with zero attached hydrogens (tertiary/aromatic N) is 5. The van der Waals surface area contributed by atoms with Crippen molar-refractivity contribution in [3.63, 3.8) is 0 Å². The van der Waals surface area contributed by atoms with Crippen LogP contribution in [0, 0.1) is 0 Å². The highest BCUT2D eigenvalue weighted by molar-refractivity contribution is 8.02. The summed E-state index contributed by atoms with van der Waals surface area (Å²) in [6.07, 6.45) is 1.58. The lowest BCUT2D eigenvalue weighted by Gasteiger charge is -2.49. The predicted molar refractivity (Wildman–Crippen MR) is 136 cm³/mol. The van der Waals surface area contributed by atoms with Crippen LogP contribution in [0.2, 0.25) is 0 Å². The number of nitrogens with one attached hydrogen (secondary N) is 1. The lowest BCUT2D eigenvalue weighted by molar-refractivity contribution is -0.150. The molecule has 188 valence electrons. The van der Waals surface area contributed by atoms with E-state index < -0.39 is 29.2 Å². The van der Waals surface area contributed by atoms with Crippen LogP contribution >= 0.6 is 34.9 Å². The number of β-lactam (4-membered cyclic amide) rings is 1. The first-order valence-electron chi connectivity index (χ1n) is 9.97. The number of amides is 2. The number of thiazole rings is 1. The highest BCUT2D eigenvalue weighted by Crippen LogP contribution is 2.41. The van der Waals surface area contributed by atoms with E-state index in [-0.39, 0.29) is 39.8 Å². The fraction of sp³-hybridized carbons (Fsp3) is 0.211. The number of carboxylic acids is 1. The maximum atomic E-state index is 12.9. The average molecular weight is 550 g/mol. The van der Waals surface area contributed by atoms with Crippen molar-refractivity contribution >= 4 is 75.3 Å². The van der Waals surface area contributed by atoms with Crippen molar-refractivity contribution < 1.29 is 24.3 Å². The van der Waals surface area contributed by atoms with Gasteiger partial charge < -0.3 is 32.5 Å². The highest BCUT2D eigenvalue weighted by atomic mass is 32.2. The molecular weight excluding hydrogens is 530 g/mol. The summed E-state index contributed by atoms with van der Waals surface area (Å²) in [5, 5.41) is 19.4. The number of hydrogen-bond acceptors (Lipinski definition) is 14. The second-order valence-corrected chi connectivity index (χ2v) is 10.1. The molecular formula is C19H19N9O5S3. The molecule has 0 unspecified atom stereocenters. The molecule has 0 aromatic carbocycles. The maximum Gasteiger partial charge on any atom is 0.352 e. The zero-order chi connectivity index (χ0) is 26.0. The van der Waals surface area contributed by atoms with Crippen molar-refractivity contribution in [1.82, 2.24) is 25.2 Å². The zero-order valence-electron chi connectivity index (χ0n) is 18.4. The van der Waals surface area contributed by atoms with Crippen molar-refractivity contribution in [3.8, 4) is 0 Å². The minimum absolute atomic E-state index is 0.0172. The van der Waals surface area contributed by atoms with Gasteiger partial charge in [-0.2, -0.15) is 4.98 Å². The van der Waals surface area contributed by atoms with Crippen LogP contribution < -0.4 is 22.5 Å². The van der Waals surface area contributed by atoms with Crippen LogP contribution in [0.15, 0.2) is 44.4 Å². The Morgan fingerprint density at radius 3 is 2.75 bits per heavy atom. The van der Waals surface area contributed by atoms with Crippen LogP contribution in [0.1, 0.15) is 5.69 Å².